The lowest BCUT2D eigenvalue weighted by Crippen LogP contribution is -2.24. The van der Waals surface area contributed by atoms with E-state index < -0.39 is 0 Å². The maximum absolute atomic E-state index is 12.5. The molecule has 9 heteroatoms. The number of anilines is 1. The molecule has 2 amide bonds. The Morgan fingerprint density at radius 2 is 1.79 bits per heavy atom. The van der Waals surface area contributed by atoms with Crippen molar-refractivity contribution in [1.29, 1.82) is 0 Å². The third-order valence-corrected chi connectivity index (χ3v) is 6.05. The quantitative estimate of drug-likeness (QED) is 0.380. The van der Waals surface area contributed by atoms with Gasteiger partial charge < -0.3 is 19.8 Å². The normalized spacial score (nSPS) is 10.8. The van der Waals surface area contributed by atoms with Gasteiger partial charge in [0.2, 0.25) is 5.89 Å². The zero-order valence-electron chi connectivity index (χ0n) is 19.0. The Labute approximate surface area is 201 Å². The zero-order chi connectivity index (χ0) is 24.1. The summed E-state index contributed by atoms with van der Waals surface area (Å²) < 4.78 is 10.9. The van der Waals surface area contributed by atoms with E-state index in [1.54, 1.807) is 44.4 Å². The van der Waals surface area contributed by atoms with E-state index in [1.807, 2.05) is 31.2 Å². The number of rotatable bonds is 8. The number of aryl methyl sites for hydroxylation is 2. The summed E-state index contributed by atoms with van der Waals surface area (Å²) >= 11 is 1.40. The van der Waals surface area contributed by atoms with Gasteiger partial charge in [-0.15, -0.1) is 11.3 Å². The van der Waals surface area contributed by atoms with Gasteiger partial charge in [-0.1, -0.05) is 6.07 Å². The van der Waals surface area contributed by atoms with E-state index in [0.29, 0.717) is 40.2 Å². The van der Waals surface area contributed by atoms with Gasteiger partial charge in [0.1, 0.15) is 17.1 Å². The zero-order valence-corrected chi connectivity index (χ0v) is 19.9. The van der Waals surface area contributed by atoms with E-state index in [0.717, 1.165) is 16.1 Å². The molecule has 0 spiro atoms. The lowest BCUT2D eigenvalue weighted by molar-refractivity contribution is 0.0944. The fourth-order valence-corrected chi connectivity index (χ4v) is 4.12. The van der Waals surface area contributed by atoms with Crippen LogP contribution < -0.4 is 10.6 Å². The Kier molecular flexibility index (Phi) is 7.15. The maximum Gasteiger partial charge on any atom is 0.270 e. The van der Waals surface area contributed by atoms with Crippen LogP contribution in [0.15, 0.2) is 59.0 Å². The molecule has 0 radical (unpaired) electrons. The van der Waals surface area contributed by atoms with Gasteiger partial charge in [-0.25, -0.2) is 9.97 Å². The number of aromatic nitrogens is 2. The molecule has 0 atom stereocenters. The number of hydrogen-bond acceptors (Lipinski definition) is 7. The van der Waals surface area contributed by atoms with Crippen molar-refractivity contribution in [3.8, 4) is 11.5 Å². The Morgan fingerprint density at radius 1 is 1.00 bits per heavy atom. The molecule has 0 saturated heterocycles. The highest BCUT2D eigenvalue weighted by Gasteiger charge is 2.15. The summed E-state index contributed by atoms with van der Waals surface area (Å²) in [4.78, 5) is 35.2. The molecule has 2 N–H and O–H groups in total. The number of methoxy groups -OCH3 is 1. The van der Waals surface area contributed by atoms with Crippen LogP contribution in [0.5, 0.6) is 0 Å². The van der Waals surface area contributed by atoms with Crippen LogP contribution in [0, 0.1) is 13.8 Å². The molecule has 8 nitrogen and oxygen atoms in total. The first kappa shape index (κ1) is 23.3. The molecule has 0 fully saturated rings. The number of nitrogens with one attached hydrogen (secondary N) is 2. The van der Waals surface area contributed by atoms with E-state index in [1.165, 1.54) is 11.3 Å². The third kappa shape index (κ3) is 5.56. The van der Waals surface area contributed by atoms with E-state index in [4.69, 9.17) is 9.15 Å². The van der Waals surface area contributed by atoms with Crippen LogP contribution in [0.1, 0.15) is 42.2 Å². The monoisotopic (exact) mass is 476 g/mol. The van der Waals surface area contributed by atoms with Gasteiger partial charge in [0.25, 0.3) is 11.8 Å². The highest BCUT2D eigenvalue weighted by atomic mass is 32.1. The minimum atomic E-state index is -0.271. The molecule has 1 aromatic carbocycles. The van der Waals surface area contributed by atoms with Crippen molar-refractivity contribution in [2.45, 2.75) is 27.0 Å². The number of nitrogens with zero attached hydrogens (tertiary/aromatic N) is 2. The van der Waals surface area contributed by atoms with Gasteiger partial charge >= 0.3 is 0 Å². The SMILES string of the molecule is COCc1ccc(C(=O)Nc2ccc(-c3nc(CNC(=O)c4cccc(C)n4)c(C)o3)cc2)s1. The molecule has 0 aliphatic carbocycles. The van der Waals surface area contributed by atoms with E-state index >= 15 is 0 Å². The number of thiophene rings is 1. The summed E-state index contributed by atoms with van der Waals surface area (Å²) in [7, 11) is 1.62. The number of ether oxygens (including phenoxy) is 1. The summed E-state index contributed by atoms with van der Waals surface area (Å²) in [6, 6.07) is 16.2. The van der Waals surface area contributed by atoms with Crippen molar-refractivity contribution in [3.63, 3.8) is 0 Å². The van der Waals surface area contributed by atoms with Gasteiger partial charge in [0, 0.05) is 28.9 Å². The summed E-state index contributed by atoms with van der Waals surface area (Å²) in [5.41, 5.74) is 3.20. The summed E-state index contributed by atoms with van der Waals surface area (Å²) in [5.74, 6) is 0.617. The fraction of sp³-hybridized carbons (Fsp3) is 0.200. The third-order valence-electron chi connectivity index (χ3n) is 4.99. The topological polar surface area (TPSA) is 106 Å². The van der Waals surface area contributed by atoms with Crippen molar-refractivity contribution in [3.05, 3.63) is 87.2 Å². The minimum absolute atomic E-state index is 0.173. The highest BCUT2D eigenvalue weighted by Crippen LogP contribution is 2.24. The molecule has 34 heavy (non-hydrogen) atoms. The largest absolute Gasteiger partial charge is 0.441 e. The molecular formula is C25H24N4O4S. The molecule has 3 aromatic heterocycles. The number of hydrogen-bond donors (Lipinski definition) is 2. The second-order valence-electron chi connectivity index (χ2n) is 7.60. The molecule has 174 valence electrons. The number of pyridine rings is 1. The van der Waals surface area contributed by atoms with Crippen LogP contribution in [0.4, 0.5) is 5.69 Å². The average molecular weight is 477 g/mol. The smallest absolute Gasteiger partial charge is 0.270 e. The van der Waals surface area contributed by atoms with Crippen LogP contribution in [-0.4, -0.2) is 28.9 Å². The first-order chi connectivity index (χ1) is 16.4. The van der Waals surface area contributed by atoms with E-state index in [9.17, 15) is 9.59 Å². The van der Waals surface area contributed by atoms with Gasteiger partial charge in [0.05, 0.1) is 18.0 Å². The molecule has 0 unspecified atom stereocenters. The van der Waals surface area contributed by atoms with Crippen LogP contribution in [-0.2, 0) is 17.9 Å². The Morgan fingerprint density at radius 3 is 2.53 bits per heavy atom. The summed E-state index contributed by atoms with van der Waals surface area (Å²) in [6.07, 6.45) is 0. The van der Waals surface area contributed by atoms with E-state index in [2.05, 4.69) is 20.6 Å². The molecule has 0 saturated carbocycles. The fourth-order valence-electron chi connectivity index (χ4n) is 3.25. The Hall–Kier alpha value is -3.82. The molecule has 0 aliphatic rings. The molecule has 4 aromatic rings. The first-order valence-electron chi connectivity index (χ1n) is 10.6. The van der Waals surface area contributed by atoms with Gasteiger partial charge in [-0.2, -0.15) is 0 Å². The molecule has 4 rings (SSSR count). The van der Waals surface area contributed by atoms with Gasteiger partial charge in [0.15, 0.2) is 0 Å². The van der Waals surface area contributed by atoms with Gasteiger partial charge in [-0.3, -0.25) is 9.59 Å². The number of carbonyl (C=O) groups excluding carboxylic acids is 2. The van der Waals surface area contributed by atoms with Gasteiger partial charge in [-0.05, 0) is 62.4 Å². The molecule has 0 aliphatic heterocycles. The van der Waals surface area contributed by atoms with Crippen LogP contribution in [0.2, 0.25) is 0 Å². The van der Waals surface area contributed by atoms with Crippen molar-refractivity contribution >= 4 is 28.8 Å². The van der Waals surface area contributed by atoms with E-state index in [-0.39, 0.29) is 18.4 Å². The predicted octanol–water partition coefficient (Wildman–Crippen LogP) is 4.74. The standard InChI is InChI=1S/C25H24N4O4S/c1-15-5-4-6-20(27-15)23(30)26-13-21-16(2)33-25(29-21)17-7-9-18(10-8-17)28-24(31)22-12-11-19(34-22)14-32-3/h4-12H,13-14H2,1-3H3,(H,26,30)(H,28,31). The van der Waals surface area contributed by atoms with Crippen LogP contribution in [0.25, 0.3) is 11.5 Å². The average Bonchev–Trinajstić information content (AvgIpc) is 3.45. The highest BCUT2D eigenvalue weighted by molar-refractivity contribution is 7.14. The molecule has 3 heterocycles. The van der Waals surface area contributed by atoms with Crippen molar-refractivity contribution in [1.82, 2.24) is 15.3 Å². The molecule has 0 bridgehead atoms. The predicted molar refractivity (Wildman–Crippen MR) is 130 cm³/mol. The first-order valence-corrected chi connectivity index (χ1v) is 11.4. The Bertz CT molecular complexity index is 1310. The lowest BCUT2D eigenvalue weighted by Gasteiger charge is -2.04. The number of benzene rings is 1. The molecular weight excluding hydrogens is 452 g/mol. The van der Waals surface area contributed by atoms with Crippen molar-refractivity contribution in [2.75, 3.05) is 12.4 Å². The van der Waals surface area contributed by atoms with Crippen LogP contribution in [0.3, 0.4) is 0 Å². The minimum Gasteiger partial charge on any atom is -0.441 e. The maximum atomic E-state index is 12.5. The summed E-state index contributed by atoms with van der Waals surface area (Å²) in [5, 5.41) is 5.71. The second-order valence-corrected chi connectivity index (χ2v) is 8.77. The van der Waals surface area contributed by atoms with Crippen molar-refractivity contribution in [2.24, 2.45) is 0 Å². The number of carbonyl (C=O) groups is 2. The Balaban J connectivity index is 1.38. The van der Waals surface area contributed by atoms with Crippen LogP contribution >= 0.6 is 11.3 Å². The second kappa shape index (κ2) is 10.4. The summed E-state index contributed by atoms with van der Waals surface area (Å²) in [6.45, 7) is 4.35. The number of amides is 2. The van der Waals surface area contributed by atoms with Crippen molar-refractivity contribution < 1.29 is 18.7 Å². The lowest BCUT2D eigenvalue weighted by atomic mass is 10.2. The number of oxazole rings is 1.